The summed E-state index contributed by atoms with van der Waals surface area (Å²) in [6.07, 6.45) is 8.18. The Morgan fingerprint density at radius 3 is 2.82 bits per heavy atom. The maximum absolute atomic E-state index is 12.9. The van der Waals surface area contributed by atoms with Crippen LogP contribution in [0, 0.1) is 5.92 Å². The number of nitrogens with zero attached hydrogens (tertiary/aromatic N) is 5. The fourth-order valence-electron chi connectivity index (χ4n) is 4.58. The number of hydrogen-bond donors (Lipinski definition) is 2. The molecule has 1 aromatic rings. The molecule has 1 aliphatic carbocycles. The topological polar surface area (TPSA) is 113 Å². The maximum atomic E-state index is 12.9. The van der Waals surface area contributed by atoms with Gasteiger partial charge < -0.3 is 25.0 Å². The van der Waals surface area contributed by atoms with Gasteiger partial charge in [-0.05, 0) is 26.2 Å². The summed E-state index contributed by atoms with van der Waals surface area (Å²) in [6.45, 7) is 5.51. The lowest BCUT2D eigenvalue weighted by Gasteiger charge is -2.35. The summed E-state index contributed by atoms with van der Waals surface area (Å²) in [4.78, 5) is 29.2. The van der Waals surface area contributed by atoms with Gasteiger partial charge in [0, 0.05) is 45.1 Å². The number of aryl methyl sites for hydroxylation is 1. The Bertz CT molecular complexity index is 766. The summed E-state index contributed by atoms with van der Waals surface area (Å²) in [5.74, 6) is -0.0474. The van der Waals surface area contributed by atoms with Crippen molar-refractivity contribution in [2.45, 2.75) is 90.1 Å². The van der Waals surface area contributed by atoms with Crippen molar-refractivity contribution >= 4 is 11.9 Å². The van der Waals surface area contributed by atoms with E-state index in [2.05, 4.69) is 15.6 Å². The van der Waals surface area contributed by atoms with E-state index in [1.165, 1.54) is 6.42 Å². The van der Waals surface area contributed by atoms with E-state index < -0.39 is 0 Å². The average Bonchev–Trinajstić information content (AvgIpc) is 3.27. The molecular formula is C23H40N6O4. The minimum absolute atomic E-state index is 0.00475. The third-order valence-corrected chi connectivity index (χ3v) is 6.78. The molecule has 10 nitrogen and oxygen atoms in total. The molecule has 2 bridgehead atoms. The van der Waals surface area contributed by atoms with Crippen LogP contribution < -0.4 is 5.32 Å². The highest BCUT2D eigenvalue weighted by Crippen LogP contribution is 2.19. The molecule has 1 aromatic heterocycles. The first-order valence-electron chi connectivity index (χ1n) is 12.3. The molecule has 3 atom stereocenters. The van der Waals surface area contributed by atoms with Crippen LogP contribution in [0.4, 0.5) is 4.79 Å². The number of hydrogen-bond acceptors (Lipinski definition) is 6. The number of carbonyl (C=O) groups is 2. The van der Waals surface area contributed by atoms with E-state index in [9.17, 15) is 14.7 Å². The first kappa shape index (κ1) is 25.4. The fourth-order valence-corrected chi connectivity index (χ4v) is 4.58. The van der Waals surface area contributed by atoms with Crippen LogP contribution in [0.5, 0.6) is 0 Å². The third-order valence-electron chi connectivity index (χ3n) is 6.78. The van der Waals surface area contributed by atoms with Crippen LogP contribution in [-0.4, -0.2) is 86.8 Å². The van der Waals surface area contributed by atoms with Crippen LogP contribution >= 0.6 is 0 Å². The van der Waals surface area contributed by atoms with Gasteiger partial charge in [0.1, 0.15) is 5.69 Å². The molecule has 2 heterocycles. The Kier molecular flexibility index (Phi) is 9.49. The molecule has 1 aliphatic heterocycles. The molecule has 0 unspecified atom stereocenters. The van der Waals surface area contributed by atoms with Crippen LogP contribution in [0.25, 0.3) is 0 Å². The zero-order valence-electron chi connectivity index (χ0n) is 20.3. The lowest BCUT2D eigenvalue weighted by molar-refractivity contribution is -0.136. The van der Waals surface area contributed by atoms with Crippen molar-refractivity contribution < 1.29 is 19.4 Å². The molecule has 186 valence electrons. The molecule has 1 saturated carbocycles. The minimum Gasteiger partial charge on any atom is -0.394 e. The molecule has 0 spiro atoms. The number of amides is 3. The van der Waals surface area contributed by atoms with Crippen molar-refractivity contribution in [3.8, 4) is 0 Å². The van der Waals surface area contributed by atoms with Crippen LogP contribution in [0.2, 0.25) is 0 Å². The number of nitrogens with one attached hydrogen (secondary N) is 1. The summed E-state index contributed by atoms with van der Waals surface area (Å²) in [7, 11) is 1.78. The van der Waals surface area contributed by atoms with E-state index in [1.54, 1.807) is 21.5 Å². The van der Waals surface area contributed by atoms with Gasteiger partial charge >= 0.3 is 6.03 Å². The first-order chi connectivity index (χ1) is 15.9. The van der Waals surface area contributed by atoms with Gasteiger partial charge in [0.05, 0.1) is 31.6 Å². The molecule has 0 radical (unpaired) electrons. The number of aliphatic hydroxyl groups excluding tert-OH is 1. The van der Waals surface area contributed by atoms with Crippen molar-refractivity contribution in [2.75, 3.05) is 26.7 Å². The molecule has 2 N–H and O–H groups in total. The van der Waals surface area contributed by atoms with E-state index in [0.29, 0.717) is 32.5 Å². The zero-order chi connectivity index (χ0) is 23.8. The number of urea groups is 1. The molecular weight excluding hydrogens is 424 g/mol. The van der Waals surface area contributed by atoms with Crippen LogP contribution in [0.3, 0.4) is 0 Å². The number of aromatic nitrogens is 3. The Hall–Kier alpha value is -2.20. The van der Waals surface area contributed by atoms with Gasteiger partial charge in [-0.1, -0.05) is 31.4 Å². The number of carbonyl (C=O) groups excluding carboxylic acids is 2. The van der Waals surface area contributed by atoms with E-state index in [1.807, 2.05) is 20.0 Å². The normalized spacial score (nSPS) is 24.4. The highest BCUT2D eigenvalue weighted by molar-refractivity contribution is 5.76. The highest BCUT2D eigenvalue weighted by Gasteiger charge is 2.29. The van der Waals surface area contributed by atoms with Crippen molar-refractivity contribution in [3.63, 3.8) is 0 Å². The second-order valence-electron chi connectivity index (χ2n) is 9.65. The number of ether oxygens (including phenoxy) is 1. The van der Waals surface area contributed by atoms with Crippen molar-refractivity contribution in [1.29, 1.82) is 0 Å². The minimum atomic E-state index is -0.306. The molecule has 3 amide bonds. The molecule has 10 heteroatoms. The van der Waals surface area contributed by atoms with Gasteiger partial charge in [-0.3, -0.25) is 9.48 Å². The predicted octanol–water partition coefficient (Wildman–Crippen LogP) is 1.78. The predicted molar refractivity (Wildman–Crippen MR) is 123 cm³/mol. The zero-order valence-corrected chi connectivity index (χ0v) is 20.3. The summed E-state index contributed by atoms with van der Waals surface area (Å²) >= 11 is 0. The molecule has 0 aromatic carbocycles. The van der Waals surface area contributed by atoms with Gasteiger partial charge in [0.15, 0.2) is 0 Å². The van der Waals surface area contributed by atoms with Crippen molar-refractivity contribution in [1.82, 2.24) is 30.1 Å². The average molecular weight is 465 g/mol. The number of likely N-dealkylation sites (N-methyl/N-ethyl adjacent to an activating group) is 1. The Balaban J connectivity index is 1.71. The summed E-state index contributed by atoms with van der Waals surface area (Å²) in [6, 6.07) is -0.140. The second kappa shape index (κ2) is 12.3. The smallest absolute Gasteiger partial charge is 0.317 e. The summed E-state index contributed by atoms with van der Waals surface area (Å²) < 4.78 is 7.96. The monoisotopic (exact) mass is 464 g/mol. The second-order valence-corrected chi connectivity index (χ2v) is 9.65. The van der Waals surface area contributed by atoms with Gasteiger partial charge in [-0.15, -0.1) is 5.10 Å². The lowest BCUT2D eigenvalue weighted by atomic mass is 9.96. The quantitative estimate of drug-likeness (QED) is 0.687. The molecule has 2 aliphatic rings. The van der Waals surface area contributed by atoms with E-state index in [4.69, 9.17) is 4.74 Å². The van der Waals surface area contributed by atoms with Crippen LogP contribution in [0.15, 0.2) is 6.20 Å². The van der Waals surface area contributed by atoms with Crippen molar-refractivity contribution in [2.24, 2.45) is 5.92 Å². The highest BCUT2D eigenvalue weighted by atomic mass is 16.5. The fraction of sp³-hybridized carbons (Fsp3) is 0.826. The Morgan fingerprint density at radius 1 is 1.33 bits per heavy atom. The van der Waals surface area contributed by atoms with Gasteiger partial charge in [-0.2, -0.15) is 0 Å². The molecule has 3 rings (SSSR count). The lowest BCUT2D eigenvalue weighted by Crippen LogP contribution is -2.50. The number of fused-ring (bicyclic) bond motifs is 2. The molecule has 33 heavy (non-hydrogen) atoms. The summed E-state index contributed by atoms with van der Waals surface area (Å²) in [5.41, 5.74) is 0.729. The van der Waals surface area contributed by atoms with E-state index >= 15 is 0 Å². The molecule has 0 saturated heterocycles. The van der Waals surface area contributed by atoms with Crippen LogP contribution in [0.1, 0.15) is 64.5 Å². The van der Waals surface area contributed by atoms with Crippen molar-refractivity contribution in [3.05, 3.63) is 11.9 Å². The Morgan fingerprint density at radius 2 is 2.09 bits per heavy atom. The van der Waals surface area contributed by atoms with Crippen LogP contribution in [-0.2, 0) is 22.7 Å². The largest absolute Gasteiger partial charge is 0.394 e. The summed E-state index contributed by atoms with van der Waals surface area (Å²) in [5, 5.41) is 21.2. The van der Waals surface area contributed by atoms with Gasteiger partial charge in [-0.25, -0.2) is 4.79 Å². The van der Waals surface area contributed by atoms with Gasteiger partial charge in [0.2, 0.25) is 5.91 Å². The number of rotatable bonds is 5. The van der Waals surface area contributed by atoms with E-state index in [-0.39, 0.29) is 49.3 Å². The van der Waals surface area contributed by atoms with E-state index in [0.717, 1.165) is 31.4 Å². The maximum Gasteiger partial charge on any atom is 0.317 e. The standard InChI is InChI=1S/C23H40N6O4/c1-17-12-29(18(2)15-30)22(31)10-7-11-28-13-20(25-26-28)16-33-21(17)14-27(3)23(32)24-19-8-5-4-6-9-19/h13,17-19,21,30H,4-12,14-16H2,1-3H3,(H,24,32)/t17-,18-,21-/m0/s1. The SMILES string of the molecule is C[C@H]1CN([C@@H](C)CO)C(=O)CCCn2cc(nn2)CO[C@H]1CN(C)C(=O)NC1CCCCC1. The van der Waals surface area contributed by atoms with Gasteiger partial charge in [0.25, 0.3) is 0 Å². The molecule has 1 fully saturated rings. The Labute approximate surface area is 196 Å². The third kappa shape index (κ3) is 7.40. The first-order valence-corrected chi connectivity index (χ1v) is 12.3. The number of aliphatic hydroxyl groups is 1.